The van der Waals surface area contributed by atoms with Gasteiger partial charge in [0.25, 0.3) is 5.91 Å². The second-order valence-corrected chi connectivity index (χ2v) is 5.60. The van der Waals surface area contributed by atoms with E-state index >= 15 is 0 Å². The van der Waals surface area contributed by atoms with Gasteiger partial charge in [-0.1, -0.05) is 17.7 Å². The van der Waals surface area contributed by atoms with E-state index in [4.69, 9.17) is 11.6 Å². The number of fused-ring (bicyclic) bond motifs is 1. The maximum Gasteiger partial charge on any atom is 0.260 e. The molecule has 6 heteroatoms. The highest BCUT2D eigenvalue weighted by Crippen LogP contribution is 2.27. The van der Waals surface area contributed by atoms with Gasteiger partial charge in [-0.3, -0.25) is 9.78 Å². The van der Waals surface area contributed by atoms with Crippen LogP contribution in [0, 0.1) is 17.1 Å². The summed E-state index contributed by atoms with van der Waals surface area (Å²) in [7, 11) is 1.51. The maximum atomic E-state index is 13.9. The molecule has 0 fully saturated rings. The van der Waals surface area contributed by atoms with Gasteiger partial charge in [0.1, 0.15) is 11.9 Å². The Kier molecular flexibility index (Phi) is 4.15. The third-order valence-electron chi connectivity index (χ3n) is 3.65. The first kappa shape index (κ1) is 15.9. The van der Waals surface area contributed by atoms with Gasteiger partial charge in [-0.25, -0.2) is 4.39 Å². The van der Waals surface area contributed by atoms with Crippen LogP contribution in [0.15, 0.2) is 48.7 Å². The van der Waals surface area contributed by atoms with Crippen LogP contribution in [-0.4, -0.2) is 17.9 Å². The zero-order valence-electron chi connectivity index (χ0n) is 12.6. The van der Waals surface area contributed by atoms with Crippen molar-refractivity contribution in [2.75, 3.05) is 11.9 Å². The number of hydrogen-bond donors (Lipinski definition) is 0. The van der Waals surface area contributed by atoms with Gasteiger partial charge >= 0.3 is 0 Å². The molecule has 118 valence electrons. The molecule has 2 aromatic carbocycles. The molecule has 0 aliphatic heterocycles. The van der Waals surface area contributed by atoms with Crippen LogP contribution in [0.5, 0.6) is 0 Å². The number of benzene rings is 2. The van der Waals surface area contributed by atoms with Gasteiger partial charge in [0, 0.05) is 23.7 Å². The lowest BCUT2D eigenvalue weighted by molar-refractivity contribution is 0.0994. The quantitative estimate of drug-likeness (QED) is 0.704. The second kappa shape index (κ2) is 6.26. The van der Waals surface area contributed by atoms with Crippen LogP contribution in [0.2, 0.25) is 5.02 Å². The molecule has 0 atom stereocenters. The predicted molar refractivity (Wildman–Crippen MR) is 90.6 cm³/mol. The highest BCUT2D eigenvalue weighted by molar-refractivity contribution is 6.31. The second-order valence-electron chi connectivity index (χ2n) is 5.17. The summed E-state index contributed by atoms with van der Waals surface area (Å²) in [6.07, 6.45) is 1.54. The first-order valence-corrected chi connectivity index (χ1v) is 7.41. The van der Waals surface area contributed by atoms with E-state index in [9.17, 15) is 14.4 Å². The average molecular weight is 340 g/mol. The van der Waals surface area contributed by atoms with Gasteiger partial charge < -0.3 is 4.90 Å². The van der Waals surface area contributed by atoms with Crippen molar-refractivity contribution in [3.63, 3.8) is 0 Å². The van der Waals surface area contributed by atoms with Gasteiger partial charge in [-0.05, 0) is 36.4 Å². The first-order chi connectivity index (χ1) is 11.5. The highest BCUT2D eigenvalue weighted by Gasteiger charge is 2.20. The molecule has 1 aromatic heterocycles. The molecule has 3 rings (SSSR count). The topological polar surface area (TPSA) is 57.0 Å². The molecule has 3 aromatic rings. The molecule has 0 unspecified atom stereocenters. The summed E-state index contributed by atoms with van der Waals surface area (Å²) >= 11 is 5.97. The largest absolute Gasteiger partial charge is 0.310 e. The third kappa shape index (κ3) is 2.80. The fraction of sp³-hybridized carbons (Fsp3) is 0.0556. The molecule has 0 spiro atoms. The molecule has 0 aliphatic carbocycles. The Bertz CT molecular complexity index is 997. The monoisotopic (exact) mass is 339 g/mol. The van der Waals surface area contributed by atoms with E-state index in [1.54, 1.807) is 18.2 Å². The van der Waals surface area contributed by atoms with E-state index in [1.165, 1.54) is 36.3 Å². The lowest BCUT2D eigenvalue weighted by atomic mass is 10.1. The maximum absolute atomic E-state index is 13.9. The number of carbonyl (C=O) groups excluding carboxylic acids is 1. The standard InChI is InChI=1S/C18H11ClFN3O/c1-23(16-8-13(19)5-4-12(16)10-21)18(24)15-9-14(20)7-11-3-2-6-22-17(11)15/h2-9H,1H3. The summed E-state index contributed by atoms with van der Waals surface area (Å²) < 4.78 is 13.9. The zero-order chi connectivity index (χ0) is 17.3. The molecular formula is C18H11ClFN3O. The van der Waals surface area contributed by atoms with Crippen LogP contribution in [0.25, 0.3) is 10.9 Å². The van der Waals surface area contributed by atoms with Crippen molar-refractivity contribution in [1.82, 2.24) is 4.98 Å². The van der Waals surface area contributed by atoms with Crippen molar-refractivity contribution in [2.45, 2.75) is 0 Å². The van der Waals surface area contributed by atoms with Gasteiger partial charge in [0.05, 0.1) is 22.3 Å². The van der Waals surface area contributed by atoms with E-state index < -0.39 is 11.7 Å². The normalized spacial score (nSPS) is 10.4. The molecule has 0 aliphatic rings. The minimum atomic E-state index is -0.529. The van der Waals surface area contributed by atoms with Crippen LogP contribution < -0.4 is 4.90 Å². The van der Waals surface area contributed by atoms with Crippen molar-refractivity contribution in [2.24, 2.45) is 0 Å². The molecule has 24 heavy (non-hydrogen) atoms. The minimum absolute atomic E-state index is 0.122. The van der Waals surface area contributed by atoms with Crippen molar-refractivity contribution >= 4 is 34.1 Å². The number of nitrogens with zero attached hydrogens (tertiary/aromatic N) is 3. The SMILES string of the molecule is CN(C(=O)c1cc(F)cc2cccnc12)c1cc(Cl)ccc1C#N. The number of pyridine rings is 1. The van der Waals surface area contributed by atoms with Crippen molar-refractivity contribution in [1.29, 1.82) is 5.26 Å². The summed E-state index contributed by atoms with van der Waals surface area (Å²) in [5.74, 6) is -1.00. The molecule has 0 saturated carbocycles. The Balaban J connectivity index is 2.13. The van der Waals surface area contributed by atoms with Crippen LogP contribution in [0.4, 0.5) is 10.1 Å². The van der Waals surface area contributed by atoms with Gasteiger partial charge in [-0.2, -0.15) is 5.26 Å². The molecule has 0 radical (unpaired) electrons. The summed E-state index contributed by atoms with van der Waals surface area (Å²) in [5.41, 5.74) is 1.17. The van der Waals surface area contributed by atoms with Gasteiger partial charge in [0.2, 0.25) is 0 Å². The summed E-state index contributed by atoms with van der Waals surface area (Å²) in [6.45, 7) is 0. The molecule has 1 heterocycles. The number of rotatable bonds is 2. The lowest BCUT2D eigenvalue weighted by Crippen LogP contribution is -2.27. The van der Waals surface area contributed by atoms with Gasteiger partial charge in [-0.15, -0.1) is 0 Å². The van der Waals surface area contributed by atoms with Crippen LogP contribution >= 0.6 is 11.6 Å². The molecule has 0 saturated heterocycles. The molecule has 0 bridgehead atoms. The average Bonchev–Trinajstić information content (AvgIpc) is 2.59. The molecular weight excluding hydrogens is 329 g/mol. The van der Waals surface area contributed by atoms with E-state index in [0.717, 1.165) is 6.07 Å². The lowest BCUT2D eigenvalue weighted by Gasteiger charge is -2.19. The van der Waals surface area contributed by atoms with E-state index in [2.05, 4.69) is 4.98 Å². The van der Waals surface area contributed by atoms with Crippen LogP contribution in [0.3, 0.4) is 0 Å². The Labute approximate surface area is 142 Å². The number of carbonyl (C=O) groups is 1. The molecule has 1 amide bonds. The number of halogens is 2. The fourth-order valence-electron chi connectivity index (χ4n) is 2.49. The predicted octanol–water partition coefficient (Wildman–Crippen LogP) is 4.18. The Morgan fingerprint density at radius 2 is 2.08 bits per heavy atom. The number of hydrogen-bond acceptors (Lipinski definition) is 3. The van der Waals surface area contributed by atoms with Gasteiger partial charge in [0.15, 0.2) is 0 Å². The summed E-state index contributed by atoms with van der Waals surface area (Å²) in [5, 5.41) is 10.1. The van der Waals surface area contributed by atoms with E-state index in [0.29, 0.717) is 27.2 Å². The highest BCUT2D eigenvalue weighted by atomic mass is 35.5. The molecule has 4 nitrogen and oxygen atoms in total. The van der Waals surface area contributed by atoms with E-state index in [-0.39, 0.29) is 5.56 Å². The van der Waals surface area contributed by atoms with Crippen LogP contribution in [-0.2, 0) is 0 Å². The number of nitriles is 1. The smallest absolute Gasteiger partial charge is 0.260 e. The van der Waals surface area contributed by atoms with Crippen molar-refractivity contribution in [3.8, 4) is 6.07 Å². The number of aromatic nitrogens is 1. The van der Waals surface area contributed by atoms with Crippen molar-refractivity contribution in [3.05, 3.63) is 70.6 Å². The summed E-state index contributed by atoms with van der Waals surface area (Å²) in [4.78, 5) is 18.3. The Hall–Kier alpha value is -2.97. The molecule has 0 N–H and O–H groups in total. The Morgan fingerprint density at radius 3 is 2.83 bits per heavy atom. The van der Waals surface area contributed by atoms with Crippen molar-refractivity contribution < 1.29 is 9.18 Å². The zero-order valence-corrected chi connectivity index (χ0v) is 13.4. The van der Waals surface area contributed by atoms with Crippen LogP contribution in [0.1, 0.15) is 15.9 Å². The first-order valence-electron chi connectivity index (χ1n) is 7.03. The minimum Gasteiger partial charge on any atom is -0.310 e. The van der Waals surface area contributed by atoms with E-state index in [1.807, 2.05) is 6.07 Å². The third-order valence-corrected chi connectivity index (χ3v) is 3.88. The Morgan fingerprint density at radius 1 is 1.29 bits per heavy atom. The summed E-state index contributed by atoms with van der Waals surface area (Å²) in [6, 6.07) is 12.5. The number of amides is 1. The fourth-order valence-corrected chi connectivity index (χ4v) is 2.65. The number of anilines is 1.